The maximum absolute atomic E-state index is 11.5. The van der Waals surface area contributed by atoms with Crippen LogP contribution in [-0.4, -0.2) is 6.36 Å². The maximum atomic E-state index is 11.5. The van der Waals surface area contributed by atoms with Crippen LogP contribution in [0.4, 0.5) is 13.2 Å². The first-order chi connectivity index (χ1) is 5.31. The molecule has 0 aromatic rings. The van der Waals surface area contributed by atoms with Crippen LogP contribution in [0.1, 0.15) is 0 Å². The third kappa shape index (κ3) is 7.40. The highest BCUT2D eigenvalue weighted by Crippen LogP contribution is 2.20. The second-order valence-corrected chi connectivity index (χ2v) is 2.81. The van der Waals surface area contributed by atoms with Gasteiger partial charge in [0, 0.05) is 4.48 Å². The van der Waals surface area contributed by atoms with E-state index in [1.807, 2.05) is 0 Å². The summed E-state index contributed by atoms with van der Waals surface area (Å²) in [6, 6.07) is 0. The molecule has 0 radical (unpaired) electrons. The second-order valence-electron chi connectivity index (χ2n) is 1.79. The summed E-state index contributed by atoms with van der Waals surface area (Å²) in [7, 11) is 0. The van der Waals surface area contributed by atoms with E-state index in [4.69, 9.17) is 0 Å². The van der Waals surface area contributed by atoms with Gasteiger partial charge in [-0.1, -0.05) is 29.1 Å². The summed E-state index contributed by atoms with van der Waals surface area (Å²) >= 11 is 2.92. The Balaban J connectivity index is 3.99. The van der Waals surface area contributed by atoms with E-state index < -0.39 is 12.1 Å². The number of alkyl halides is 3. The van der Waals surface area contributed by atoms with Crippen LogP contribution in [0.5, 0.6) is 0 Å². The van der Waals surface area contributed by atoms with Gasteiger partial charge < -0.3 is 4.74 Å². The van der Waals surface area contributed by atoms with Gasteiger partial charge in [0.15, 0.2) is 0 Å². The number of hydrogen-bond donors (Lipinski definition) is 0. The lowest BCUT2D eigenvalue weighted by molar-refractivity contribution is -0.303. The summed E-state index contributed by atoms with van der Waals surface area (Å²) in [5.74, 6) is -0.483. The summed E-state index contributed by atoms with van der Waals surface area (Å²) in [5.41, 5.74) is 0. The van der Waals surface area contributed by atoms with Gasteiger partial charge in [0.2, 0.25) is 0 Å². The minimum atomic E-state index is -4.69. The zero-order chi connectivity index (χ0) is 9.78. The van der Waals surface area contributed by atoms with Crippen LogP contribution in [0.2, 0.25) is 0 Å². The van der Waals surface area contributed by atoms with Crippen molar-refractivity contribution in [2.45, 2.75) is 6.36 Å². The van der Waals surface area contributed by atoms with Gasteiger partial charge in [-0.25, -0.2) is 0 Å². The van der Waals surface area contributed by atoms with E-state index in [9.17, 15) is 13.2 Å². The minimum Gasteiger partial charge on any atom is -0.406 e. The highest BCUT2D eigenvalue weighted by Gasteiger charge is 2.30. The molecule has 0 aliphatic carbocycles. The molecule has 0 saturated carbocycles. The molecule has 0 aromatic heterocycles. The number of hydrogen-bond acceptors (Lipinski definition) is 1. The predicted octanol–water partition coefficient (Wildman–Crippen LogP) is 3.50. The van der Waals surface area contributed by atoms with Gasteiger partial charge in [0.25, 0.3) is 0 Å². The second kappa shape index (κ2) is 4.35. The van der Waals surface area contributed by atoms with Crippen LogP contribution >= 0.6 is 15.9 Å². The molecule has 0 rings (SSSR count). The van der Waals surface area contributed by atoms with Crippen LogP contribution in [0.25, 0.3) is 0 Å². The van der Waals surface area contributed by atoms with Gasteiger partial charge in [0.1, 0.15) is 5.76 Å². The SMILES string of the molecule is C=C(Br)/C=C\C(=C)OC(F)(F)F. The fourth-order valence-electron chi connectivity index (χ4n) is 0.366. The molecule has 12 heavy (non-hydrogen) atoms. The van der Waals surface area contributed by atoms with Crippen LogP contribution in [0.3, 0.4) is 0 Å². The highest BCUT2D eigenvalue weighted by atomic mass is 79.9. The Morgan fingerprint density at radius 2 is 1.75 bits per heavy atom. The van der Waals surface area contributed by atoms with E-state index in [0.29, 0.717) is 4.48 Å². The van der Waals surface area contributed by atoms with Crippen LogP contribution in [0.15, 0.2) is 35.6 Å². The molecule has 0 aliphatic heterocycles. The minimum absolute atomic E-state index is 0.439. The summed E-state index contributed by atoms with van der Waals surface area (Å²) in [6.07, 6.45) is -2.33. The fourth-order valence-corrected chi connectivity index (χ4v) is 0.498. The van der Waals surface area contributed by atoms with Gasteiger partial charge >= 0.3 is 6.36 Å². The molecule has 0 aliphatic rings. The van der Waals surface area contributed by atoms with E-state index in [0.717, 1.165) is 6.08 Å². The summed E-state index contributed by atoms with van der Waals surface area (Å²) < 4.78 is 38.3. The summed E-state index contributed by atoms with van der Waals surface area (Å²) in [4.78, 5) is 0. The van der Waals surface area contributed by atoms with Crippen molar-refractivity contribution in [2.75, 3.05) is 0 Å². The van der Waals surface area contributed by atoms with Crippen molar-refractivity contribution < 1.29 is 17.9 Å². The Kier molecular flexibility index (Phi) is 4.09. The fraction of sp³-hybridized carbons (Fsp3) is 0.143. The van der Waals surface area contributed by atoms with E-state index in [-0.39, 0.29) is 0 Å². The molecule has 0 saturated heterocycles. The van der Waals surface area contributed by atoms with Crippen molar-refractivity contribution >= 4 is 15.9 Å². The molecule has 0 bridgehead atoms. The van der Waals surface area contributed by atoms with E-state index in [2.05, 4.69) is 33.8 Å². The van der Waals surface area contributed by atoms with Gasteiger partial charge in [-0.2, -0.15) is 0 Å². The molecule has 0 heterocycles. The molecule has 0 aromatic carbocycles. The van der Waals surface area contributed by atoms with Gasteiger partial charge in [-0.3, -0.25) is 0 Å². The van der Waals surface area contributed by atoms with Crippen molar-refractivity contribution in [1.82, 2.24) is 0 Å². The number of halogens is 4. The van der Waals surface area contributed by atoms with Crippen molar-refractivity contribution in [3.05, 3.63) is 35.6 Å². The smallest absolute Gasteiger partial charge is 0.406 e. The third-order valence-electron chi connectivity index (χ3n) is 0.697. The monoisotopic (exact) mass is 242 g/mol. The first kappa shape index (κ1) is 11.3. The number of ether oxygens (including phenoxy) is 1. The average Bonchev–Trinajstić information content (AvgIpc) is 1.79. The maximum Gasteiger partial charge on any atom is 0.573 e. The molecule has 0 unspecified atom stereocenters. The van der Waals surface area contributed by atoms with Crippen molar-refractivity contribution in [3.63, 3.8) is 0 Å². The lowest BCUT2D eigenvalue weighted by Gasteiger charge is -2.07. The third-order valence-corrected chi connectivity index (χ3v) is 0.961. The van der Waals surface area contributed by atoms with E-state index in [1.54, 1.807) is 0 Å². The topological polar surface area (TPSA) is 9.23 Å². The molecule has 0 fully saturated rings. The molecule has 0 spiro atoms. The number of rotatable bonds is 3. The van der Waals surface area contributed by atoms with Gasteiger partial charge in [-0.05, 0) is 12.2 Å². The lowest BCUT2D eigenvalue weighted by atomic mass is 10.4. The first-order valence-corrected chi connectivity index (χ1v) is 3.57. The Bertz CT molecular complexity index is 217. The van der Waals surface area contributed by atoms with Crippen molar-refractivity contribution in [2.24, 2.45) is 0 Å². The Morgan fingerprint density at radius 1 is 1.25 bits per heavy atom. The predicted molar refractivity (Wildman–Crippen MR) is 43.5 cm³/mol. The van der Waals surface area contributed by atoms with Gasteiger partial charge in [0.05, 0.1) is 0 Å². The molecule has 68 valence electrons. The zero-order valence-electron chi connectivity index (χ0n) is 5.99. The van der Waals surface area contributed by atoms with Crippen LogP contribution in [0, 0.1) is 0 Å². The molecular formula is C7H6BrF3O. The standard InChI is InChI=1S/C7H6BrF3O/c1-5(8)3-4-6(2)12-7(9,10)11/h3-4H,1-2H2/b4-3-. The molecular weight excluding hydrogens is 237 g/mol. The van der Waals surface area contributed by atoms with Crippen molar-refractivity contribution in [1.29, 1.82) is 0 Å². The van der Waals surface area contributed by atoms with Crippen LogP contribution in [-0.2, 0) is 4.74 Å². The van der Waals surface area contributed by atoms with E-state index >= 15 is 0 Å². The lowest BCUT2D eigenvalue weighted by Crippen LogP contribution is -2.11. The zero-order valence-corrected chi connectivity index (χ0v) is 7.58. The first-order valence-electron chi connectivity index (χ1n) is 2.78. The summed E-state index contributed by atoms with van der Waals surface area (Å²) in [5, 5.41) is 0. The molecule has 0 N–H and O–H groups in total. The Labute approximate surface area is 76.3 Å². The van der Waals surface area contributed by atoms with Crippen molar-refractivity contribution in [3.8, 4) is 0 Å². The van der Waals surface area contributed by atoms with Crippen LogP contribution < -0.4 is 0 Å². The quantitative estimate of drug-likeness (QED) is 0.544. The molecule has 0 amide bonds. The number of allylic oxidation sites excluding steroid dienone is 3. The normalized spacial score (nSPS) is 11.7. The highest BCUT2D eigenvalue weighted by molar-refractivity contribution is 9.11. The molecule has 1 nitrogen and oxygen atoms in total. The Hall–Kier alpha value is -0.710. The Morgan fingerprint density at radius 3 is 2.08 bits per heavy atom. The largest absolute Gasteiger partial charge is 0.573 e. The molecule has 5 heteroatoms. The van der Waals surface area contributed by atoms with Gasteiger partial charge in [-0.15, -0.1) is 13.2 Å². The average molecular weight is 243 g/mol. The van der Waals surface area contributed by atoms with E-state index in [1.165, 1.54) is 6.08 Å². The molecule has 0 atom stereocenters. The summed E-state index contributed by atoms with van der Waals surface area (Å²) in [6.45, 7) is 6.40.